The Balaban J connectivity index is 1.80. The van der Waals surface area contributed by atoms with Gasteiger partial charge < -0.3 is 9.88 Å². The molecule has 1 aromatic heterocycles. The molecule has 0 aliphatic heterocycles. The van der Waals surface area contributed by atoms with E-state index in [4.69, 9.17) is 0 Å². The largest absolute Gasteiger partial charge is 0.334 e. The molecule has 1 aromatic rings. The van der Waals surface area contributed by atoms with Gasteiger partial charge in [0.25, 0.3) is 0 Å². The first-order valence-corrected chi connectivity index (χ1v) is 8.03. The molecule has 3 nitrogen and oxygen atoms in total. The number of imidazole rings is 1. The number of unbranched alkanes of at least 4 members (excludes halogenated alkanes) is 7. The lowest BCUT2D eigenvalue weighted by atomic mass is 10.1. The van der Waals surface area contributed by atoms with Crippen molar-refractivity contribution < 1.29 is 0 Å². The van der Waals surface area contributed by atoms with Crippen molar-refractivity contribution in [1.82, 2.24) is 14.9 Å². The molecule has 0 saturated carbocycles. The van der Waals surface area contributed by atoms with Gasteiger partial charge in [0.2, 0.25) is 0 Å². The summed E-state index contributed by atoms with van der Waals surface area (Å²) in [5, 5.41) is 3.51. The predicted molar refractivity (Wildman–Crippen MR) is 82.4 cm³/mol. The zero-order valence-electron chi connectivity index (χ0n) is 12.8. The Hall–Kier alpha value is -0.830. The second-order valence-corrected chi connectivity index (χ2v) is 5.39. The number of rotatable bonds is 12. The van der Waals surface area contributed by atoms with Gasteiger partial charge in [-0.3, -0.25) is 0 Å². The number of aromatic nitrogens is 2. The van der Waals surface area contributed by atoms with Gasteiger partial charge in [0.15, 0.2) is 0 Å². The summed E-state index contributed by atoms with van der Waals surface area (Å²) in [6, 6.07) is 0. The summed E-state index contributed by atoms with van der Waals surface area (Å²) in [5.74, 6) is 1.11. The fourth-order valence-corrected chi connectivity index (χ4v) is 2.35. The van der Waals surface area contributed by atoms with Crippen LogP contribution in [0.15, 0.2) is 12.4 Å². The van der Waals surface area contributed by atoms with Crippen LogP contribution in [0.2, 0.25) is 0 Å². The standard InChI is InChI=1S/C16H31N3/c1-3-4-5-6-7-8-9-10-11-17-12-14-19-15-13-18-16(19)2/h13,15,17H,3-12,14H2,1-2H3. The van der Waals surface area contributed by atoms with E-state index < -0.39 is 0 Å². The van der Waals surface area contributed by atoms with E-state index in [9.17, 15) is 0 Å². The van der Waals surface area contributed by atoms with Crippen LogP contribution < -0.4 is 5.32 Å². The molecule has 19 heavy (non-hydrogen) atoms. The van der Waals surface area contributed by atoms with Crippen LogP contribution >= 0.6 is 0 Å². The van der Waals surface area contributed by atoms with Crippen LogP contribution in [0.25, 0.3) is 0 Å². The van der Waals surface area contributed by atoms with Crippen molar-refractivity contribution in [2.45, 2.75) is 71.8 Å². The summed E-state index contributed by atoms with van der Waals surface area (Å²) in [5.41, 5.74) is 0. The highest BCUT2D eigenvalue weighted by atomic mass is 15.1. The lowest BCUT2D eigenvalue weighted by Gasteiger charge is -2.07. The monoisotopic (exact) mass is 265 g/mol. The van der Waals surface area contributed by atoms with Gasteiger partial charge in [0.1, 0.15) is 5.82 Å². The van der Waals surface area contributed by atoms with Gasteiger partial charge in [0.05, 0.1) is 0 Å². The van der Waals surface area contributed by atoms with Crippen LogP contribution in [-0.4, -0.2) is 22.6 Å². The van der Waals surface area contributed by atoms with E-state index in [1.807, 2.05) is 12.4 Å². The molecule has 110 valence electrons. The molecule has 0 atom stereocenters. The van der Waals surface area contributed by atoms with E-state index >= 15 is 0 Å². The summed E-state index contributed by atoms with van der Waals surface area (Å²) < 4.78 is 2.20. The molecule has 0 amide bonds. The topological polar surface area (TPSA) is 29.9 Å². The second-order valence-electron chi connectivity index (χ2n) is 5.39. The SMILES string of the molecule is CCCCCCCCCCNCCn1ccnc1C. The molecule has 1 heterocycles. The molecule has 0 radical (unpaired) electrons. The van der Waals surface area contributed by atoms with Crippen LogP contribution in [0, 0.1) is 6.92 Å². The van der Waals surface area contributed by atoms with E-state index in [0.717, 1.165) is 25.5 Å². The fraction of sp³-hybridized carbons (Fsp3) is 0.812. The van der Waals surface area contributed by atoms with Crippen molar-refractivity contribution in [2.24, 2.45) is 0 Å². The lowest BCUT2D eigenvalue weighted by molar-refractivity contribution is 0.537. The highest BCUT2D eigenvalue weighted by molar-refractivity contribution is 4.88. The number of aryl methyl sites for hydroxylation is 1. The molecule has 1 rings (SSSR count). The van der Waals surface area contributed by atoms with Crippen molar-refractivity contribution in [3.8, 4) is 0 Å². The van der Waals surface area contributed by atoms with Gasteiger partial charge in [-0.1, -0.05) is 51.9 Å². The molecule has 0 aromatic carbocycles. The van der Waals surface area contributed by atoms with Crippen molar-refractivity contribution in [3.63, 3.8) is 0 Å². The third-order valence-electron chi connectivity index (χ3n) is 3.66. The Bertz CT molecular complexity index is 307. The van der Waals surface area contributed by atoms with Gasteiger partial charge in [-0.05, 0) is 19.9 Å². The van der Waals surface area contributed by atoms with Gasteiger partial charge in [-0.15, -0.1) is 0 Å². The highest BCUT2D eigenvalue weighted by Crippen LogP contribution is 2.07. The maximum Gasteiger partial charge on any atom is 0.105 e. The maximum atomic E-state index is 4.22. The normalized spacial score (nSPS) is 11.1. The molecule has 0 saturated heterocycles. The molecular formula is C16H31N3. The van der Waals surface area contributed by atoms with E-state index in [2.05, 4.69) is 28.7 Å². The van der Waals surface area contributed by atoms with Crippen LogP contribution in [0.3, 0.4) is 0 Å². The minimum absolute atomic E-state index is 1.03. The molecule has 3 heteroatoms. The second kappa shape index (κ2) is 11.0. The predicted octanol–water partition coefficient (Wildman–Crippen LogP) is 3.92. The van der Waals surface area contributed by atoms with Gasteiger partial charge in [-0.2, -0.15) is 0 Å². The number of hydrogen-bond donors (Lipinski definition) is 1. The fourth-order valence-electron chi connectivity index (χ4n) is 2.35. The average molecular weight is 265 g/mol. The average Bonchev–Trinajstić information content (AvgIpc) is 2.82. The number of nitrogens with zero attached hydrogens (tertiary/aromatic N) is 2. The van der Waals surface area contributed by atoms with E-state index in [-0.39, 0.29) is 0 Å². The summed E-state index contributed by atoms with van der Waals surface area (Å²) >= 11 is 0. The molecule has 0 fully saturated rings. The minimum atomic E-state index is 1.03. The van der Waals surface area contributed by atoms with Crippen molar-refractivity contribution in [2.75, 3.05) is 13.1 Å². The highest BCUT2D eigenvalue weighted by Gasteiger charge is 1.95. The molecule has 0 aliphatic carbocycles. The van der Waals surface area contributed by atoms with E-state index in [0.29, 0.717) is 0 Å². The summed E-state index contributed by atoms with van der Waals surface area (Å²) in [6.07, 6.45) is 15.1. The number of hydrogen-bond acceptors (Lipinski definition) is 2. The first kappa shape index (κ1) is 16.2. The Morgan fingerprint density at radius 1 is 1.00 bits per heavy atom. The van der Waals surface area contributed by atoms with Gasteiger partial charge >= 0.3 is 0 Å². The molecule has 0 unspecified atom stereocenters. The third kappa shape index (κ3) is 8.04. The summed E-state index contributed by atoms with van der Waals surface area (Å²) in [4.78, 5) is 4.22. The Morgan fingerprint density at radius 2 is 1.68 bits per heavy atom. The van der Waals surface area contributed by atoms with Crippen molar-refractivity contribution in [3.05, 3.63) is 18.2 Å². The third-order valence-corrected chi connectivity index (χ3v) is 3.66. The first-order chi connectivity index (χ1) is 9.34. The quantitative estimate of drug-likeness (QED) is 0.580. The molecule has 0 bridgehead atoms. The minimum Gasteiger partial charge on any atom is -0.334 e. The molecule has 0 aliphatic rings. The molecule has 0 spiro atoms. The Labute approximate surface area is 118 Å². The molecular weight excluding hydrogens is 234 g/mol. The van der Waals surface area contributed by atoms with Gasteiger partial charge in [-0.25, -0.2) is 4.98 Å². The van der Waals surface area contributed by atoms with Crippen LogP contribution in [0.1, 0.15) is 64.1 Å². The smallest absolute Gasteiger partial charge is 0.105 e. The van der Waals surface area contributed by atoms with E-state index in [1.54, 1.807) is 0 Å². The molecule has 1 N–H and O–H groups in total. The van der Waals surface area contributed by atoms with Crippen LogP contribution in [-0.2, 0) is 6.54 Å². The first-order valence-electron chi connectivity index (χ1n) is 8.03. The van der Waals surface area contributed by atoms with Crippen molar-refractivity contribution >= 4 is 0 Å². The zero-order valence-corrected chi connectivity index (χ0v) is 12.8. The maximum absolute atomic E-state index is 4.22. The lowest BCUT2D eigenvalue weighted by Crippen LogP contribution is -2.21. The zero-order chi connectivity index (χ0) is 13.8. The van der Waals surface area contributed by atoms with Gasteiger partial charge in [0, 0.05) is 25.5 Å². The van der Waals surface area contributed by atoms with E-state index in [1.165, 1.54) is 51.4 Å². The van der Waals surface area contributed by atoms with Crippen LogP contribution in [0.5, 0.6) is 0 Å². The van der Waals surface area contributed by atoms with Crippen LogP contribution in [0.4, 0.5) is 0 Å². The number of nitrogens with one attached hydrogen (secondary N) is 1. The Morgan fingerprint density at radius 3 is 2.32 bits per heavy atom. The summed E-state index contributed by atoms with van der Waals surface area (Å²) in [7, 11) is 0. The van der Waals surface area contributed by atoms with Crippen molar-refractivity contribution in [1.29, 1.82) is 0 Å². The Kier molecular flexibility index (Phi) is 9.42. The summed E-state index contributed by atoms with van der Waals surface area (Å²) in [6.45, 7) is 7.56.